The zero-order chi connectivity index (χ0) is 14.8. The van der Waals surface area contributed by atoms with Gasteiger partial charge in [-0.05, 0) is 24.6 Å². The van der Waals surface area contributed by atoms with Gasteiger partial charge in [0, 0.05) is 17.6 Å². The van der Waals surface area contributed by atoms with E-state index in [-0.39, 0.29) is 17.1 Å². The van der Waals surface area contributed by atoms with Gasteiger partial charge in [0.25, 0.3) is 0 Å². The first-order chi connectivity index (χ1) is 9.38. The highest BCUT2D eigenvalue weighted by Gasteiger charge is 2.17. The molecule has 108 valence electrons. The van der Waals surface area contributed by atoms with Crippen molar-refractivity contribution >= 4 is 38.9 Å². The van der Waals surface area contributed by atoms with Crippen molar-refractivity contribution in [1.82, 2.24) is 9.71 Å². The molecule has 2 heterocycles. The summed E-state index contributed by atoms with van der Waals surface area (Å²) >= 11 is 7.17. The van der Waals surface area contributed by atoms with Crippen molar-refractivity contribution < 1.29 is 18.3 Å². The standard InChI is InChI=1S/C11H11ClN2O4S2/c12-10-2-1-7(19-10)3-4-14-20(17,18)8-5-9(11(15)16)13-6-8/h1-2,5-6,13-14H,3-4H2,(H,15,16). The molecule has 9 heteroatoms. The topological polar surface area (TPSA) is 99.3 Å². The SMILES string of the molecule is O=C(O)c1cc(S(=O)(=O)NCCc2ccc(Cl)s2)c[nH]1. The first-order valence-corrected chi connectivity index (χ1v) is 8.22. The average Bonchev–Trinajstić information content (AvgIpc) is 2.98. The lowest BCUT2D eigenvalue weighted by atomic mass is 10.3. The summed E-state index contributed by atoms with van der Waals surface area (Å²) in [5, 5.41) is 8.73. The molecule has 0 aliphatic carbocycles. The van der Waals surface area contributed by atoms with Crippen molar-refractivity contribution in [3.8, 4) is 0 Å². The molecule has 0 saturated heterocycles. The van der Waals surface area contributed by atoms with Crippen LogP contribution in [0.1, 0.15) is 15.4 Å². The van der Waals surface area contributed by atoms with Crippen LogP contribution in [0, 0.1) is 0 Å². The van der Waals surface area contributed by atoms with Crippen LogP contribution in [0.4, 0.5) is 0 Å². The van der Waals surface area contributed by atoms with Gasteiger partial charge in [0.05, 0.1) is 4.34 Å². The third-order valence-corrected chi connectivity index (χ3v) is 5.22. The molecule has 0 fully saturated rings. The fourth-order valence-corrected chi connectivity index (χ4v) is 3.64. The average molecular weight is 335 g/mol. The van der Waals surface area contributed by atoms with Crippen LogP contribution in [0.15, 0.2) is 29.3 Å². The van der Waals surface area contributed by atoms with Gasteiger partial charge in [-0.15, -0.1) is 11.3 Å². The van der Waals surface area contributed by atoms with Crippen LogP contribution in [0.5, 0.6) is 0 Å². The van der Waals surface area contributed by atoms with E-state index in [2.05, 4.69) is 9.71 Å². The predicted molar refractivity (Wildman–Crippen MR) is 76.0 cm³/mol. The van der Waals surface area contributed by atoms with E-state index >= 15 is 0 Å². The number of carboxylic acids is 1. The molecule has 0 spiro atoms. The summed E-state index contributed by atoms with van der Waals surface area (Å²) in [5.41, 5.74) is -0.171. The van der Waals surface area contributed by atoms with Crippen LogP contribution in [0.25, 0.3) is 0 Å². The zero-order valence-corrected chi connectivity index (χ0v) is 12.5. The molecule has 0 bridgehead atoms. The molecule has 2 aromatic rings. The summed E-state index contributed by atoms with van der Waals surface area (Å²) < 4.78 is 26.9. The Morgan fingerprint density at radius 3 is 2.75 bits per heavy atom. The Labute approximate surface area is 124 Å². The van der Waals surface area contributed by atoms with Gasteiger partial charge in [-0.25, -0.2) is 17.9 Å². The lowest BCUT2D eigenvalue weighted by Crippen LogP contribution is -2.25. The molecule has 0 radical (unpaired) electrons. The number of halogens is 1. The summed E-state index contributed by atoms with van der Waals surface area (Å²) in [7, 11) is -3.71. The molecule has 0 amide bonds. The van der Waals surface area contributed by atoms with E-state index in [0.29, 0.717) is 10.8 Å². The molecule has 0 aromatic carbocycles. The monoisotopic (exact) mass is 334 g/mol. The minimum atomic E-state index is -3.71. The third kappa shape index (κ3) is 3.60. The van der Waals surface area contributed by atoms with Crippen LogP contribution in [0.3, 0.4) is 0 Å². The third-order valence-electron chi connectivity index (χ3n) is 2.49. The second-order valence-electron chi connectivity index (χ2n) is 3.91. The molecule has 0 unspecified atom stereocenters. The van der Waals surface area contributed by atoms with Gasteiger partial charge < -0.3 is 10.1 Å². The molecule has 2 rings (SSSR count). The summed E-state index contributed by atoms with van der Waals surface area (Å²) in [6.45, 7) is 0.215. The molecule has 20 heavy (non-hydrogen) atoms. The highest BCUT2D eigenvalue weighted by molar-refractivity contribution is 7.89. The molecule has 0 atom stereocenters. The summed E-state index contributed by atoms with van der Waals surface area (Å²) in [4.78, 5) is 13.9. The number of sulfonamides is 1. The normalized spacial score (nSPS) is 11.7. The van der Waals surface area contributed by atoms with Crippen LogP contribution in [-0.2, 0) is 16.4 Å². The zero-order valence-electron chi connectivity index (χ0n) is 10.1. The van der Waals surface area contributed by atoms with Crippen LogP contribution in [0.2, 0.25) is 4.34 Å². The lowest BCUT2D eigenvalue weighted by Gasteiger charge is -2.03. The largest absolute Gasteiger partial charge is 0.477 e. The Morgan fingerprint density at radius 2 is 2.20 bits per heavy atom. The highest BCUT2D eigenvalue weighted by Crippen LogP contribution is 2.21. The summed E-state index contributed by atoms with van der Waals surface area (Å²) in [5.74, 6) is -1.21. The number of carboxylic acid groups (broad SMARTS) is 1. The van der Waals surface area contributed by atoms with Gasteiger partial charge in [0.2, 0.25) is 10.0 Å². The van der Waals surface area contributed by atoms with Crippen molar-refractivity contribution in [1.29, 1.82) is 0 Å². The fraction of sp³-hybridized carbons (Fsp3) is 0.182. The van der Waals surface area contributed by atoms with Gasteiger partial charge in [0.15, 0.2) is 0 Å². The summed E-state index contributed by atoms with van der Waals surface area (Å²) in [6.07, 6.45) is 1.67. The number of carbonyl (C=O) groups is 1. The lowest BCUT2D eigenvalue weighted by molar-refractivity contribution is 0.0691. The Bertz CT molecular complexity index is 720. The van der Waals surface area contributed by atoms with E-state index in [1.54, 1.807) is 6.07 Å². The van der Waals surface area contributed by atoms with Gasteiger partial charge in [-0.1, -0.05) is 11.6 Å². The minimum absolute atomic E-state index is 0.0980. The maximum absolute atomic E-state index is 11.9. The number of rotatable bonds is 6. The molecule has 6 nitrogen and oxygen atoms in total. The van der Waals surface area contributed by atoms with Crippen molar-refractivity contribution in [2.24, 2.45) is 0 Å². The number of nitrogens with one attached hydrogen (secondary N) is 2. The number of aromatic nitrogens is 1. The van der Waals surface area contributed by atoms with Crippen molar-refractivity contribution in [2.75, 3.05) is 6.54 Å². The van der Waals surface area contributed by atoms with Crippen LogP contribution in [-0.4, -0.2) is 31.0 Å². The number of aromatic amines is 1. The Balaban J connectivity index is 1.98. The molecule has 0 aliphatic rings. The molecule has 0 aliphatic heterocycles. The second kappa shape index (κ2) is 5.96. The van der Waals surface area contributed by atoms with Crippen molar-refractivity contribution in [2.45, 2.75) is 11.3 Å². The van der Waals surface area contributed by atoms with E-state index in [4.69, 9.17) is 16.7 Å². The van der Waals surface area contributed by atoms with E-state index < -0.39 is 16.0 Å². The van der Waals surface area contributed by atoms with E-state index in [1.807, 2.05) is 6.07 Å². The molecule has 2 aromatic heterocycles. The quantitative estimate of drug-likeness (QED) is 0.751. The number of hydrogen-bond donors (Lipinski definition) is 3. The van der Waals surface area contributed by atoms with E-state index in [1.165, 1.54) is 11.3 Å². The fourth-order valence-electron chi connectivity index (χ4n) is 1.53. The van der Waals surface area contributed by atoms with Crippen LogP contribution >= 0.6 is 22.9 Å². The molecular weight excluding hydrogens is 324 g/mol. The maximum Gasteiger partial charge on any atom is 0.352 e. The number of aromatic carboxylic acids is 1. The highest BCUT2D eigenvalue weighted by atomic mass is 35.5. The van der Waals surface area contributed by atoms with Crippen molar-refractivity contribution in [3.63, 3.8) is 0 Å². The maximum atomic E-state index is 11.9. The Morgan fingerprint density at radius 1 is 1.45 bits per heavy atom. The Hall–Kier alpha value is -1.35. The number of H-pyrrole nitrogens is 1. The number of hydrogen-bond acceptors (Lipinski definition) is 4. The second-order valence-corrected chi connectivity index (χ2v) is 7.47. The predicted octanol–water partition coefficient (Wildman–Crippen LogP) is 1.95. The van der Waals surface area contributed by atoms with Gasteiger partial charge in [0.1, 0.15) is 10.6 Å². The molecule has 3 N–H and O–H groups in total. The van der Waals surface area contributed by atoms with E-state index in [0.717, 1.165) is 17.1 Å². The first-order valence-electron chi connectivity index (χ1n) is 5.54. The minimum Gasteiger partial charge on any atom is -0.477 e. The van der Waals surface area contributed by atoms with Crippen LogP contribution < -0.4 is 4.72 Å². The smallest absolute Gasteiger partial charge is 0.352 e. The molecule has 0 saturated carbocycles. The Kier molecular flexibility index (Phi) is 4.48. The van der Waals surface area contributed by atoms with Gasteiger partial charge in [-0.2, -0.15) is 0 Å². The van der Waals surface area contributed by atoms with E-state index in [9.17, 15) is 13.2 Å². The number of thiophene rings is 1. The van der Waals surface area contributed by atoms with Gasteiger partial charge >= 0.3 is 5.97 Å². The molecular formula is C11H11ClN2O4S2. The first kappa shape index (κ1) is 15.0. The summed E-state index contributed by atoms with van der Waals surface area (Å²) in [6, 6.07) is 4.66. The van der Waals surface area contributed by atoms with Crippen molar-refractivity contribution in [3.05, 3.63) is 39.3 Å². The van der Waals surface area contributed by atoms with Gasteiger partial charge in [-0.3, -0.25) is 0 Å².